The van der Waals surface area contributed by atoms with Gasteiger partial charge in [0.05, 0.1) is 5.69 Å². The first-order chi connectivity index (χ1) is 7.88. The fourth-order valence-electron chi connectivity index (χ4n) is 1.72. The lowest BCUT2D eigenvalue weighted by Crippen LogP contribution is -2.28. The number of nitrogens with zero attached hydrogens (tertiary/aromatic N) is 2. The van der Waals surface area contributed by atoms with Crippen LogP contribution in [0.1, 0.15) is 38.4 Å². The Labute approximate surface area is 100 Å². The highest BCUT2D eigenvalue weighted by Gasteiger charge is 2.24. The lowest BCUT2D eigenvalue weighted by Gasteiger charge is -2.19. The second-order valence-electron chi connectivity index (χ2n) is 5.08. The summed E-state index contributed by atoms with van der Waals surface area (Å²) in [6, 6.07) is 0. The molecule has 1 aromatic rings. The summed E-state index contributed by atoms with van der Waals surface area (Å²) in [7, 11) is 0. The second kappa shape index (κ2) is 3.91. The Morgan fingerprint density at radius 3 is 2.82 bits per heavy atom. The monoisotopic (exact) mass is 235 g/mol. The number of ether oxygens (including phenoxy) is 1. The molecule has 1 aliphatic carbocycles. The Bertz CT molecular complexity index is 481. The van der Waals surface area contributed by atoms with E-state index in [1.807, 2.05) is 32.9 Å². The highest BCUT2D eigenvalue weighted by molar-refractivity contribution is 5.78. The Morgan fingerprint density at radius 2 is 2.24 bits per heavy atom. The van der Waals surface area contributed by atoms with Gasteiger partial charge in [0.2, 0.25) is 0 Å². The summed E-state index contributed by atoms with van der Waals surface area (Å²) >= 11 is 0. The van der Waals surface area contributed by atoms with Crippen LogP contribution in [-0.2, 0) is 11.2 Å². The van der Waals surface area contributed by atoms with Crippen LogP contribution < -0.4 is 5.73 Å². The lowest BCUT2D eigenvalue weighted by molar-refractivity contribution is 0.0518. The molecule has 92 valence electrons. The number of nitrogen functional groups attached to an aromatic ring is 1. The van der Waals surface area contributed by atoms with Crippen LogP contribution in [0.15, 0.2) is 6.08 Å². The van der Waals surface area contributed by atoms with Gasteiger partial charge in [-0.25, -0.2) is 4.79 Å². The fraction of sp³-hybridized carbons (Fsp3) is 0.500. The van der Waals surface area contributed by atoms with Gasteiger partial charge >= 0.3 is 6.09 Å². The number of allylic oxidation sites excluding steroid dienone is 1. The van der Waals surface area contributed by atoms with Crippen LogP contribution in [-0.4, -0.2) is 21.5 Å². The van der Waals surface area contributed by atoms with Gasteiger partial charge in [0, 0.05) is 5.56 Å². The first-order valence-corrected chi connectivity index (χ1v) is 5.66. The van der Waals surface area contributed by atoms with Crippen LogP contribution in [0.25, 0.3) is 6.08 Å². The molecule has 2 rings (SSSR count). The molecule has 17 heavy (non-hydrogen) atoms. The van der Waals surface area contributed by atoms with Crippen molar-refractivity contribution < 1.29 is 9.53 Å². The zero-order valence-corrected chi connectivity index (χ0v) is 10.4. The maximum atomic E-state index is 11.9. The summed E-state index contributed by atoms with van der Waals surface area (Å²) in [6.45, 7) is 5.43. The average molecular weight is 235 g/mol. The van der Waals surface area contributed by atoms with Crippen molar-refractivity contribution in [1.82, 2.24) is 9.78 Å². The second-order valence-corrected chi connectivity index (χ2v) is 5.08. The summed E-state index contributed by atoms with van der Waals surface area (Å²) in [4.78, 5) is 11.9. The molecule has 2 N–H and O–H groups in total. The van der Waals surface area contributed by atoms with Crippen molar-refractivity contribution in [2.24, 2.45) is 0 Å². The summed E-state index contributed by atoms with van der Waals surface area (Å²) in [5.41, 5.74) is 7.04. The molecular formula is C12H17N3O2. The minimum Gasteiger partial charge on any atom is -0.442 e. The topological polar surface area (TPSA) is 70.1 Å². The Morgan fingerprint density at radius 1 is 1.53 bits per heavy atom. The Kier molecular flexibility index (Phi) is 2.69. The number of hydrogen-bond acceptors (Lipinski definition) is 4. The van der Waals surface area contributed by atoms with Gasteiger partial charge in [-0.1, -0.05) is 12.2 Å². The van der Waals surface area contributed by atoms with Gasteiger partial charge in [0.1, 0.15) is 11.4 Å². The first kappa shape index (κ1) is 11.7. The molecule has 0 bridgehead atoms. The molecule has 1 aromatic heterocycles. The van der Waals surface area contributed by atoms with Crippen LogP contribution in [0.2, 0.25) is 0 Å². The fourth-order valence-corrected chi connectivity index (χ4v) is 1.72. The van der Waals surface area contributed by atoms with Crippen molar-refractivity contribution in [2.45, 2.75) is 39.2 Å². The minimum absolute atomic E-state index is 0.352. The van der Waals surface area contributed by atoms with Crippen molar-refractivity contribution >= 4 is 18.0 Å². The van der Waals surface area contributed by atoms with E-state index in [9.17, 15) is 4.79 Å². The smallest absolute Gasteiger partial charge is 0.437 e. The van der Waals surface area contributed by atoms with Gasteiger partial charge in [-0.15, -0.1) is 4.68 Å². The van der Waals surface area contributed by atoms with E-state index in [1.165, 1.54) is 0 Å². The van der Waals surface area contributed by atoms with Gasteiger partial charge in [-0.05, 0) is 33.6 Å². The normalized spacial score (nSPS) is 14.5. The van der Waals surface area contributed by atoms with Crippen LogP contribution >= 0.6 is 0 Å². The highest BCUT2D eigenvalue weighted by atomic mass is 16.6. The molecule has 0 unspecified atom stereocenters. The van der Waals surface area contributed by atoms with Crippen LogP contribution in [0, 0.1) is 0 Å². The number of hydrogen-bond donors (Lipinski definition) is 1. The standard InChI is InChI=1S/C12H17N3O2/c1-12(2,3)17-11(16)15-10(13)8-6-4-5-7-9(8)14-15/h4,6H,5,7,13H2,1-3H3. The third-order valence-electron chi connectivity index (χ3n) is 2.43. The molecule has 0 saturated carbocycles. The molecule has 0 radical (unpaired) electrons. The van der Waals surface area contributed by atoms with E-state index in [4.69, 9.17) is 10.5 Å². The SMILES string of the molecule is CC(C)(C)OC(=O)n1nc2c(c1N)C=CCC2. The van der Waals surface area contributed by atoms with Crippen molar-refractivity contribution in [3.63, 3.8) is 0 Å². The molecule has 0 aromatic carbocycles. The number of carbonyl (C=O) groups excluding carboxylic acids is 1. The molecule has 1 heterocycles. The van der Waals surface area contributed by atoms with E-state index in [0.717, 1.165) is 28.8 Å². The van der Waals surface area contributed by atoms with E-state index < -0.39 is 11.7 Å². The summed E-state index contributed by atoms with van der Waals surface area (Å²) in [5, 5.41) is 4.20. The molecule has 1 aliphatic rings. The quantitative estimate of drug-likeness (QED) is 0.748. The van der Waals surface area contributed by atoms with Gasteiger partial charge in [0.15, 0.2) is 0 Å². The predicted octanol–water partition coefficient (Wildman–Crippen LogP) is 2.21. The summed E-state index contributed by atoms with van der Waals surface area (Å²) in [6.07, 6.45) is 5.14. The molecule has 0 spiro atoms. The summed E-state index contributed by atoms with van der Waals surface area (Å²) in [5.74, 6) is 0.352. The third-order valence-corrected chi connectivity index (χ3v) is 2.43. The third kappa shape index (κ3) is 2.33. The molecule has 0 saturated heterocycles. The minimum atomic E-state index is -0.550. The largest absolute Gasteiger partial charge is 0.442 e. The molecule has 0 atom stereocenters. The molecule has 0 amide bonds. The highest BCUT2D eigenvalue weighted by Crippen LogP contribution is 2.24. The van der Waals surface area contributed by atoms with Gasteiger partial charge < -0.3 is 10.5 Å². The first-order valence-electron chi connectivity index (χ1n) is 5.66. The molecule has 5 heteroatoms. The van der Waals surface area contributed by atoms with Crippen molar-refractivity contribution in [1.29, 1.82) is 0 Å². The molecule has 0 fully saturated rings. The molecule has 0 aliphatic heterocycles. The van der Waals surface area contributed by atoms with Crippen molar-refractivity contribution in [3.8, 4) is 0 Å². The van der Waals surface area contributed by atoms with Crippen LogP contribution in [0.4, 0.5) is 10.6 Å². The number of rotatable bonds is 0. The van der Waals surface area contributed by atoms with E-state index in [2.05, 4.69) is 5.10 Å². The Hall–Kier alpha value is -1.78. The van der Waals surface area contributed by atoms with Gasteiger partial charge in [-0.2, -0.15) is 5.10 Å². The number of nitrogens with two attached hydrogens (primary N) is 1. The number of carbonyl (C=O) groups is 1. The van der Waals surface area contributed by atoms with Crippen LogP contribution in [0.3, 0.4) is 0 Å². The number of aromatic nitrogens is 2. The lowest BCUT2D eigenvalue weighted by atomic mass is 10.1. The maximum absolute atomic E-state index is 11.9. The van der Waals surface area contributed by atoms with E-state index in [0.29, 0.717) is 5.82 Å². The van der Waals surface area contributed by atoms with E-state index in [-0.39, 0.29) is 0 Å². The van der Waals surface area contributed by atoms with Gasteiger partial charge in [-0.3, -0.25) is 0 Å². The van der Waals surface area contributed by atoms with Gasteiger partial charge in [0.25, 0.3) is 0 Å². The predicted molar refractivity (Wildman–Crippen MR) is 65.6 cm³/mol. The van der Waals surface area contributed by atoms with E-state index in [1.54, 1.807) is 0 Å². The average Bonchev–Trinajstić information content (AvgIpc) is 2.55. The Balaban J connectivity index is 2.31. The van der Waals surface area contributed by atoms with Crippen molar-refractivity contribution in [3.05, 3.63) is 17.3 Å². The molecular weight excluding hydrogens is 218 g/mol. The zero-order chi connectivity index (χ0) is 12.6. The summed E-state index contributed by atoms with van der Waals surface area (Å²) < 4.78 is 6.38. The number of anilines is 1. The maximum Gasteiger partial charge on any atom is 0.437 e. The number of aryl methyl sites for hydroxylation is 1. The zero-order valence-electron chi connectivity index (χ0n) is 10.4. The molecule has 5 nitrogen and oxygen atoms in total. The van der Waals surface area contributed by atoms with Crippen molar-refractivity contribution in [2.75, 3.05) is 5.73 Å². The van der Waals surface area contributed by atoms with E-state index >= 15 is 0 Å². The number of fused-ring (bicyclic) bond motifs is 1. The van der Waals surface area contributed by atoms with Crippen LogP contribution in [0.5, 0.6) is 0 Å².